The molecule has 0 amide bonds. The maximum Gasteiger partial charge on any atom is 0.326 e. The molecule has 1 aliphatic rings. The number of H-pyrrole nitrogens is 1. The number of nitrogens with one attached hydrogen (secondary N) is 3. The Hall–Kier alpha value is -2.96. The van der Waals surface area contributed by atoms with Crippen molar-refractivity contribution in [2.75, 3.05) is 17.6 Å². The first-order valence-electron chi connectivity index (χ1n) is 12.7. The average molecular weight is 603 g/mol. The van der Waals surface area contributed by atoms with Crippen LogP contribution in [0.5, 0.6) is 0 Å². The van der Waals surface area contributed by atoms with Gasteiger partial charge in [-0.2, -0.15) is 0 Å². The minimum atomic E-state index is -1.42. The van der Waals surface area contributed by atoms with Crippen LogP contribution in [0.1, 0.15) is 49.9 Å². The highest BCUT2D eigenvalue weighted by Crippen LogP contribution is 2.38. The van der Waals surface area contributed by atoms with Crippen LogP contribution >= 0.6 is 35.0 Å². The summed E-state index contributed by atoms with van der Waals surface area (Å²) in [7, 11) is 0. The van der Waals surface area contributed by atoms with E-state index in [0.29, 0.717) is 39.9 Å². The first-order chi connectivity index (χ1) is 18.9. The van der Waals surface area contributed by atoms with E-state index in [1.165, 1.54) is 18.1 Å². The number of imidazole rings is 1. The Balaban J connectivity index is 1.46. The number of hydrogen-bond donors (Lipinski definition) is 4. The molecule has 40 heavy (non-hydrogen) atoms. The summed E-state index contributed by atoms with van der Waals surface area (Å²) in [5, 5.41) is 7.91. The number of benzene rings is 2. The van der Waals surface area contributed by atoms with Crippen molar-refractivity contribution in [2.24, 2.45) is 5.73 Å². The molecule has 10 nitrogen and oxygen atoms in total. The van der Waals surface area contributed by atoms with E-state index in [1.807, 2.05) is 13.0 Å². The lowest BCUT2D eigenvalue weighted by atomic mass is 9.96. The number of ether oxygens (including phenoxy) is 1. The van der Waals surface area contributed by atoms with Gasteiger partial charge in [-0.15, -0.1) is 11.8 Å². The summed E-state index contributed by atoms with van der Waals surface area (Å²) in [6.07, 6.45) is 1.41. The second-order valence-electron chi connectivity index (χ2n) is 10.6. The zero-order valence-electron chi connectivity index (χ0n) is 22.3. The van der Waals surface area contributed by atoms with Crippen LogP contribution in [0.2, 0.25) is 10.0 Å². The fourth-order valence-corrected chi connectivity index (χ4v) is 6.22. The topological polar surface area (TPSA) is 148 Å². The molecule has 5 N–H and O–H groups in total. The second kappa shape index (κ2) is 10.8. The molecule has 0 radical (unpaired) electrons. The van der Waals surface area contributed by atoms with Crippen molar-refractivity contribution in [3.05, 3.63) is 58.1 Å². The molecule has 1 fully saturated rings. The molecule has 0 aliphatic carbocycles. The maximum absolute atomic E-state index is 14.0. The molecule has 0 saturated carbocycles. The minimum Gasteiger partial charge on any atom is -0.459 e. The van der Waals surface area contributed by atoms with E-state index in [0.717, 1.165) is 11.0 Å². The van der Waals surface area contributed by atoms with Crippen molar-refractivity contribution < 1.29 is 14.3 Å². The van der Waals surface area contributed by atoms with Crippen molar-refractivity contribution in [3.8, 4) is 0 Å². The number of esters is 1. The zero-order chi connectivity index (χ0) is 28.8. The van der Waals surface area contributed by atoms with E-state index in [1.54, 1.807) is 45.0 Å². The lowest BCUT2D eigenvalue weighted by Gasteiger charge is -2.33. The molecule has 1 aliphatic heterocycles. The highest BCUT2D eigenvalue weighted by Gasteiger charge is 2.52. The van der Waals surface area contributed by atoms with Gasteiger partial charge in [0.1, 0.15) is 29.6 Å². The SMILES string of the molecule is C[C@H](Nc1ncnc2cc(C(=O)[C@]3(C(N)C(=O)OC(C)(C)C)NCCS3)c(Cl)cc12)c1nc2cc(Cl)ccc2[nH]1. The third-order valence-corrected chi connectivity index (χ3v) is 8.45. The number of carbonyl (C=O) groups excluding carboxylic acids is 2. The van der Waals surface area contributed by atoms with Gasteiger partial charge in [-0.1, -0.05) is 23.2 Å². The highest BCUT2D eigenvalue weighted by atomic mass is 35.5. The normalized spacial score (nSPS) is 19.1. The van der Waals surface area contributed by atoms with Gasteiger partial charge in [0.15, 0.2) is 10.7 Å². The molecule has 3 atom stereocenters. The number of carbonyl (C=O) groups is 2. The number of halogens is 2. The van der Waals surface area contributed by atoms with Crippen LogP contribution in [-0.4, -0.2) is 60.5 Å². The molecule has 0 bridgehead atoms. The van der Waals surface area contributed by atoms with Gasteiger partial charge in [0.2, 0.25) is 0 Å². The van der Waals surface area contributed by atoms with Crippen molar-refractivity contribution in [3.63, 3.8) is 0 Å². The second-order valence-corrected chi connectivity index (χ2v) is 12.8. The summed E-state index contributed by atoms with van der Waals surface area (Å²) in [5.74, 6) is 0.725. The van der Waals surface area contributed by atoms with Gasteiger partial charge >= 0.3 is 5.97 Å². The van der Waals surface area contributed by atoms with Gasteiger partial charge in [-0.3, -0.25) is 14.9 Å². The van der Waals surface area contributed by atoms with Gasteiger partial charge in [0.25, 0.3) is 0 Å². The number of aromatic amines is 1. The van der Waals surface area contributed by atoms with Crippen LogP contribution in [0.4, 0.5) is 5.82 Å². The van der Waals surface area contributed by atoms with Gasteiger partial charge in [0.05, 0.1) is 27.6 Å². The Bertz CT molecular complexity index is 1620. The smallest absolute Gasteiger partial charge is 0.326 e. The molecule has 0 spiro atoms. The van der Waals surface area contributed by atoms with Gasteiger partial charge in [0, 0.05) is 28.3 Å². The summed E-state index contributed by atoms with van der Waals surface area (Å²) >= 11 is 14.1. The zero-order valence-corrected chi connectivity index (χ0v) is 24.7. The van der Waals surface area contributed by atoms with E-state index in [2.05, 4.69) is 30.6 Å². The molecule has 2 aromatic heterocycles. The first-order valence-corrected chi connectivity index (χ1v) is 14.4. The molecular formula is C27H29Cl2N7O3S. The van der Waals surface area contributed by atoms with Crippen LogP contribution in [0.25, 0.3) is 21.9 Å². The largest absolute Gasteiger partial charge is 0.459 e. The third-order valence-electron chi connectivity index (χ3n) is 6.45. The number of aromatic nitrogens is 4. The van der Waals surface area contributed by atoms with E-state index >= 15 is 0 Å². The molecule has 1 saturated heterocycles. The lowest BCUT2D eigenvalue weighted by molar-refractivity contribution is -0.157. The molecule has 210 valence electrons. The van der Waals surface area contributed by atoms with Crippen molar-refractivity contribution in [1.82, 2.24) is 25.3 Å². The van der Waals surface area contributed by atoms with Crippen LogP contribution < -0.4 is 16.4 Å². The summed E-state index contributed by atoms with van der Waals surface area (Å²) in [6, 6.07) is 7.21. The summed E-state index contributed by atoms with van der Waals surface area (Å²) in [4.78, 5) is 42.1. The number of nitrogens with zero attached hydrogens (tertiary/aromatic N) is 3. The predicted octanol–water partition coefficient (Wildman–Crippen LogP) is 4.87. The number of fused-ring (bicyclic) bond motifs is 2. The minimum absolute atomic E-state index is 0.187. The Morgan fingerprint density at radius 2 is 1.95 bits per heavy atom. The number of nitrogens with two attached hydrogens (primary N) is 1. The monoisotopic (exact) mass is 601 g/mol. The quantitative estimate of drug-likeness (QED) is 0.171. The number of ketones is 1. The van der Waals surface area contributed by atoms with Gasteiger partial charge in [-0.05, 0) is 58.0 Å². The van der Waals surface area contributed by atoms with E-state index in [4.69, 9.17) is 33.7 Å². The van der Waals surface area contributed by atoms with Gasteiger partial charge in [-0.25, -0.2) is 15.0 Å². The number of hydrogen-bond acceptors (Lipinski definition) is 10. The molecule has 3 heterocycles. The fourth-order valence-electron chi connectivity index (χ4n) is 4.56. The van der Waals surface area contributed by atoms with Crippen molar-refractivity contribution in [1.29, 1.82) is 0 Å². The highest BCUT2D eigenvalue weighted by molar-refractivity contribution is 8.01. The molecule has 1 unspecified atom stereocenters. The Labute approximate surface area is 245 Å². The Kier molecular flexibility index (Phi) is 7.71. The van der Waals surface area contributed by atoms with Crippen molar-refractivity contribution >= 4 is 74.5 Å². The van der Waals surface area contributed by atoms with E-state index in [-0.39, 0.29) is 16.6 Å². The number of anilines is 1. The summed E-state index contributed by atoms with van der Waals surface area (Å²) < 4.78 is 5.49. The van der Waals surface area contributed by atoms with Crippen LogP contribution in [0.15, 0.2) is 36.7 Å². The molecule has 2 aromatic carbocycles. The predicted molar refractivity (Wildman–Crippen MR) is 159 cm³/mol. The fraction of sp³-hybridized carbons (Fsp3) is 0.370. The number of thioether (sulfide) groups is 1. The lowest BCUT2D eigenvalue weighted by Crippen LogP contribution is -2.62. The standard InChI is InChI=1S/C27H29Cl2N7O3S/c1-13(23-35-18-6-5-14(28)9-20(18)36-23)34-24-16-10-17(29)15(11-19(16)31-12-32-24)22(37)27(33-7-8-40-27)21(30)25(38)39-26(2,3)4/h5-6,9-13,21,33H,7-8,30H2,1-4H3,(H,35,36)(H,31,32,34)/t13-,21?,27+/m0/s1. The summed E-state index contributed by atoms with van der Waals surface area (Å²) in [5.41, 5.74) is 7.92. The van der Waals surface area contributed by atoms with Gasteiger partial charge < -0.3 is 20.8 Å². The number of rotatable bonds is 7. The number of Topliss-reactive ketones (excluding diaryl/α,β-unsaturated/α-hetero) is 1. The van der Waals surface area contributed by atoms with Crippen LogP contribution in [0, 0.1) is 0 Å². The third kappa shape index (κ3) is 5.48. The Morgan fingerprint density at radius 1 is 1.18 bits per heavy atom. The summed E-state index contributed by atoms with van der Waals surface area (Å²) in [6.45, 7) is 7.68. The molecule has 4 aromatic rings. The maximum atomic E-state index is 14.0. The van der Waals surface area contributed by atoms with E-state index in [9.17, 15) is 9.59 Å². The van der Waals surface area contributed by atoms with Crippen molar-refractivity contribution in [2.45, 2.75) is 50.3 Å². The molecule has 13 heteroatoms. The van der Waals surface area contributed by atoms with Crippen LogP contribution in [0.3, 0.4) is 0 Å². The average Bonchev–Trinajstić information content (AvgIpc) is 3.55. The first kappa shape index (κ1) is 28.6. The molecule has 5 rings (SSSR count). The Morgan fingerprint density at radius 3 is 2.65 bits per heavy atom. The van der Waals surface area contributed by atoms with E-state index < -0.39 is 28.3 Å². The van der Waals surface area contributed by atoms with Crippen LogP contribution in [-0.2, 0) is 9.53 Å². The molecular weight excluding hydrogens is 573 g/mol.